The summed E-state index contributed by atoms with van der Waals surface area (Å²) >= 11 is 0. The summed E-state index contributed by atoms with van der Waals surface area (Å²) in [6.07, 6.45) is 2.47. The maximum absolute atomic E-state index is 5.94. The van der Waals surface area contributed by atoms with E-state index in [0.717, 1.165) is 18.9 Å². The average molecular weight is 295 g/mol. The molecule has 0 spiro atoms. The highest BCUT2D eigenvalue weighted by atomic mass is 16.5. The number of piperidine rings is 1. The molecule has 0 aliphatic carbocycles. The van der Waals surface area contributed by atoms with Crippen molar-refractivity contribution in [3.8, 4) is 5.75 Å². The second kappa shape index (κ2) is 7.46. The lowest BCUT2D eigenvalue weighted by Gasteiger charge is -2.31. The molecule has 1 saturated heterocycles. The van der Waals surface area contributed by atoms with E-state index < -0.39 is 0 Å². The van der Waals surface area contributed by atoms with Gasteiger partial charge in [-0.05, 0) is 56.5 Å². The maximum Gasteiger partial charge on any atom is 0.119 e. The van der Waals surface area contributed by atoms with Crippen molar-refractivity contribution in [3.05, 3.63) is 65.7 Å². The summed E-state index contributed by atoms with van der Waals surface area (Å²) < 4.78 is 5.94. The van der Waals surface area contributed by atoms with Gasteiger partial charge in [0.25, 0.3) is 0 Å². The van der Waals surface area contributed by atoms with Crippen LogP contribution in [0.2, 0.25) is 0 Å². The third-order valence-electron chi connectivity index (χ3n) is 4.46. The molecule has 0 atom stereocenters. The zero-order valence-corrected chi connectivity index (χ0v) is 13.4. The Bertz CT molecular complexity index is 556. The molecule has 1 heterocycles. The number of nitrogens with zero attached hydrogens (tertiary/aromatic N) is 1. The number of hydrogen-bond acceptors (Lipinski definition) is 2. The van der Waals surface area contributed by atoms with Gasteiger partial charge in [-0.15, -0.1) is 0 Å². The normalized spacial score (nSPS) is 16.6. The molecular weight excluding hydrogens is 270 g/mol. The molecule has 0 radical (unpaired) electrons. The van der Waals surface area contributed by atoms with E-state index in [9.17, 15) is 0 Å². The molecule has 0 amide bonds. The van der Waals surface area contributed by atoms with Gasteiger partial charge in [0.2, 0.25) is 0 Å². The van der Waals surface area contributed by atoms with E-state index >= 15 is 0 Å². The van der Waals surface area contributed by atoms with Gasteiger partial charge >= 0.3 is 0 Å². The molecule has 22 heavy (non-hydrogen) atoms. The topological polar surface area (TPSA) is 12.5 Å². The largest absolute Gasteiger partial charge is 0.493 e. The molecule has 0 bridgehead atoms. The van der Waals surface area contributed by atoms with Crippen molar-refractivity contribution in [1.82, 2.24) is 4.90 Å². The van der Waals surface area contributed by atoms with Crippen molar-refractivity contribution in [2.75, 3.05) is 19.7 Å². The van der Waals surface area contributed by atoms with Gasteiger partial charge in [-0.25, -0.2) is 0 Å². The number of ether oxygens (including phenoxy) is 1. The summed E-state index contributed by atoms with van der Waals surface area (Å²) in [6, 6.07) is 19.1. The predicted octanol–water partition coefficient (Wildman–Crippen LogP) is 4.29. The Morgan fingerprint density at radius 3 is 2.32 bits per heavy atom. The van der Waals surface area contributed by atoms with E-state index in [1.54, 1.807) is 0 Å². The summed E-state index contributed by atoms with van der Waals surface area (Å²) in [4.78, 5) is 2.55. The Morgan fingerprint density at radius 2 is 1.64 bits per heavy atom. The van der Waals surface area contributed by atoms with Gasteiger partial charge in [0, 0.05) is 6.54 Å². The third-order valence-corrected chi connectivity index (χ3v) is 4.46. The van der Waals surface area contributed by atoms with Crippen LogP contribution in [0.15, 0.2) is 54.6 Å². The first kappa shape index (κ1) is 15.1. The lowest BCUT2D eigenvalue weighted by Crippen LogP contribution is -2.35. The van der Waals surface area contributed by atoms with Crippen molar-refractivity contribution in [3.63, 3.8) is 0 Å². The number of hydrogen-bond donors (Lipinski definition) is 0. The smallest absolute Gasteiger partial charge is 0.119 e. The lowest BCUT2D eigenvalue weighted by atomic mass is 9.97. The van der Waals surface area contributed by atoms with Gasteiger partial charge < -0.3 is 4.74 Å². The van der Waals surface area contributed by atoms with Crippen LogP contribution in [0, 0.1) is 12.8 Å². The first-order valence-corrected chi connectivity index (χ1v) is 8.25. The molecule has 1 fully saturated rings. The zero-order valence-electron chi connectivity index (χ0n) is 13.4. The van der Waals surface area contributed by atoms with Crippen LogP contribution >= 0.6 is 0 Å². The molecule has 0 saturated carbocycles. The SMILES string of the molecule is Cc1ccc(OCC2CCN(Cc3ccccc3)CC2)cc1. The quantitative estimate of drug-likeness (QED) is 0.816. The van der Waals surface area contributed by atoms with Crippen LogP contribution in [0.1, 0.15) is 24.0 Å². The van der Waals surface area contributed by atoms with Crippen molar-refractivity contribution in [1.29, 1.82) is 0 Å². The number of benzene rings is 2. The summed E-state index contributed by atoms with van der Waals surface area (Å²) in [6.45, 7) is 6.38. The number of rotatable bonds is 5. The second-order valence-electron chi connectivity index (χ2n) is 6.33. The fourth-order valence-corrected chi connectivity index (χ4v) is 3.00. The Kier molecular flexibility index (Phi) is 5.12. The molecule has 0 aromatic heterocycles. The van der Waals surface area contributed by atoms with Gasteiger partial charge in [0.1, 0.15) is 5.75 Å². The van der Waals surface area contributed by atoms with Gasteiger partial charge in [-0.3, -0.25) is 4.90 Å². The second-order valence-corrected chi connectivity index (χ2v) is 6.33. The van der Waals surface area contributed by atoms with E-state index in [2.05, 4.69) is 66.4 Å². The maximum atomic E-state index is 5.94. The van der Waals surface area contributed by atoms with Crippen LogP contribution in [-0.4, -0.2) is 24.6 Å². The van der Waals surface area contributed by atoms with Crippen LogP contribution in [0.4, 0.5) is 0 Å². The molecule has 2 aromatic rings. The first-order chi connectivity index (χ1) is 10.8. The Hall–Kier alpha value is -1.80. The minimum absolute atomic E-state index is 0.688. The van der Waals surface area contributed by atoms with Crippen molar-refractivity contribution in [2.24, 2.45) is 5.92 Å². The van der Waals surface area contributed by atoms with Gasteiger partial charge in [0.15, 0.2) is 0 Å². The standard InChI is InChI=1S/C20H25NO/c1-17-7-9-20(10-8-17)22-16-19-11-13-21(14-12-19)15-18-5-3-2-4-6-18/h2-10,19H,11-16H2,1H3. The fourth-order valence-electron chi connectivity index (χ4n) is 3.00. The van der Waals surface area contributed by atoms with Crippen LogP contribution < -0.4 is 4.74 Å². The molecule has 116 valence electrons. The molecule has 2 heteroatoms. The van der Waals surface area contributed by atoms with Crippen LogP contribution in [-0.2, 0) is 6.54 Å². The monoisotopic (exact) mass is 295 g/mol. The Balaban J connectivity index is 1.41. The van der Waals surface area contributed by atoms with Gasteiger partial charge in [0.05, 0.1) is 6.61 Å². The van der Waals surface area contributed by atoms with Gasteiger partial charge in [-0.1, -0.05) is 48.0 Å². The minimum Gasteiger partial charge on any atom is -0.493 e. The third kappa shape index (κ3) is 4.35. The average Bonchev–Trinajstić information content (AvgIpc) is 2.57. The number of likely N-dealkylation sites (tertiary alicyclic amines) is 1. The van der Waals surface area contributed by atoms with E-state index in [-0.39, 0.29) is 0 Å². The van der Waals surface area contributed by atoms with Crippen LogP contribution in [0.25, 0.3) is 0 Å². The molecule has 2 nitrogen and oxygen atoms in total. The summed E-state index contributed by atoms with van der Waals surface area (Å²) in [5.74, 6) is 1.69. The Morgan fingerprint density at radius 1 is 0.955 bits per heavy atom. The van der Waals surface area contributed by atoms with Crippen LogP contribution in [0.5, 0.6) is 5.75 Å². The number of aryl methyl sites for hydroxylation is 1. The van der Waals surface area contributed by atoms with E-state index in [1.165, 1.54) is 37.1 Å². The van der Waals surface area contributed by atoms with Gasteiger partial charge in [-0.2, -0.15) is 0 Å². The summed E-state index contributed by atoms with van der Waals surface area (Å²) in [5, 5.41) is 0. The molecule has 0 N–H and O–H groups in total. The lowest BCUT2D eigenvalue weighted by molar-refractivity contribution is 0.136. The zero-order chi connectivity index (χ0) is 15.2. The Labute approximate surface area is 133 Å². The van der Waals surface area contributed by atoms with Crippen molar-refractivity contribution in [2.45, 2.75) is 26.3 Å². The predicted molar refractivity (Wildman–Crippen MR) is 91.1 cm³/mol. The molecule has 3 rings (SSSR count). The van der Waals surface area contributed by atoms with Crippen molar-refractivity contribution >= 4 is 0 Å². The van der Waals surface area contributed by atoms with E-state index in [0.29, 0.717) is 5.92 Å². The van der Waals surface area contributed by atoms with Crippen LogP contribution in [0.3, 0.4) is 0 Å². The molecule has 0 unspecified atom stereocenters. The highest BCUT2D eigenvalue weighted by molar-refractivity contribution is 5.26. The molecule has 2 aromatic carbocycles. The fraction of sp³-hybridized carbons (Fsp3) is 0.400. The van der Waals surface area contributed by atoms with Crippen molar-refractivity contribution < 1.29 is 4.74 Å². The summed E-state index contributed by atoms with van der Waals surface area (Å²) in [7, 11) is 0. The summed E-state index contributed by atoms with van der Waals surface area (Å²) in [5.41, 5.74) is 2.69. The molecule has 1 aliphatic heterocycles. The highest BCUT2D eigenvalue weighted by Gasteiger charge is 2.19. The highest BCUT2D eigenvalue weighted by Crippen LogP contribution is 2.21. The van der Waals surface area contributed by atoms with E-state index in [4.69, 9.17) is 4.74 Å². The molecular formula is C20H25NO. The minimum atomic E-state index is 0.688. The molecule has 1 aliphatic rings. The first-order valence-electron chi connectivity index (χ1n) is 8.25. The van der Waals surface area contributed by atoms with E-state index in [1.807, 2.05) is 0 Å².